The minimum absolute atomic E-state index is 0.00364. The zero-order chi connectivity index (χ0) is 15.5. The SMILES string of the molecule is COc1cc2c(cc1OC)C(CNC(=O)c1cccs1)CC2. The molecule has 1 aromatic carbocycles. The smallest absolute Gasteiger partial charge is 0.261 e. The predicted octanol–water partition coefficient (Wildman–Crippen LogP) is 3.23. The van der Waals surface area contributed by atoms with Crippen LogP contribution < -0.4 is 14.8 Å². The van der Waals surface area contributed by atoms with Crippen LogP contribution in [0.4, 0.5) is 0 Å². The summed E-state index contributed by atoms with van der Waals surface area (Å²) >= 11 is 1.46. The lowest BCUT2D eigenvalue weighted by atomic mass is 10.0. The molecule has 22 heavy (non-hydrogen) atoms. The molecule has 5 heteroatoms. The molecule has 116 valence electrons. The van der Waals surface area contributed by atoms with Gasteiger partial charge in [-0.15, -0.1) is 11.3 Å². The van der Waals surface area contributed by atoms with E-state index in [0.29, 0.717) is 12.5 Å². The van der Waals surface area contributed by atoms with Crippen LogP contribution in [0.15, 0.2) is 29.6 Å². The van der Waals surface area contributed by atoms with Crippen molar-refractivity contribution in [2.45, 2.75) is 18.8 Å². The molecule has 0 saturated carbocycles. The predicted molar refractivity (Wildman–Crippen MR) is 87.3 cm³/mol. The van der Waals surface area contributed by atoms with E-state index in [1.165, 1.54) is 22.5 Å². The van der Waals surface area contributed by atoms with Crippen LogP contribution >= 0.6 is 11.3 Å². The quantitative estimate of drug-likeness (QED) is 0.921. The first-order valence-corrected chi connectivity index (χ1v) is 8.17. The van der Waals surface area contributed by atoms with E-state index in [1.807, 2.05) is 23.6 Å². The third-order valence-corrected chi connectivity index (χ3v) is 4.97. The van der Waals surface area contributed by atoms with Crippen molar-refractivity contribution in [1.29, 1.82) is 0 Å². The molecule has 3 rings (SSSR count). The maximum absolute atomic E-state index is 12.1. The lowest BCUT2D eigenvalue weighted by molar-refractivity contribution is 0.0955. The number of carbonyl (C=O) groups is 1. The molecule has 4 nitrogen and oxygen atoms in total. The van der Waals surface area contributed by atoms with Crippen molar-refractivity contribution >= 4 is 17.2 Å². The van der Waals surface area contributed by atoms with Gasteiger partial charge in [-0.25, -0.2) is 0 Å². The van der Waals surface area contributed by atoms with Gasteiger partial charge in [0, 0.05) is 12.5 Å². The van der Waals surface area contributed by atoms with Gasteiger partial charge < -0.3 is 14.8 Å². The van der Waals surface area contributed by atoms with Crippen molar-refractivity contribution in [3.8, 4) is 11.5 Å². The molecule has 0 aliphatic heterocycles. The minimum atomic E-state index is 0.00364. The van der Waals surface area contributed by atoms with Crippen molar-refractivity contribution < 1.29 is 14.3 Å². The molecule has 0 spiro atoms. The van der Waals surface area contributed by atoms with Crippen LogP contribution in [-0.2, 0) is 6.42 Å². The lowest BCUT2D eigenvalue weighted by Gasteiger charge is -2.15. The number of rotatable bonds is 5. The molecule has 1 atom stereocenters. The maximum atomic E-state index is 12.1. The number of hydrogen-bond donors (Lipinski definition) is 1. The summed E-state index contributed by atoms with van der Waals surface area (Å²) in [6.07, 6.45) is 2.05. The first-order chi connectivity index (χ1) is 10.7. The van der Waals surface area contributed by atoms with Gasteiger partial charge >= 0.3 is 0 Å². The van der Waals surface area contributed by atoms with Crippen LogP contribution in [0.3, 0.4) is 0 Å². The van der Waals surface area contributed by atoms with Gasteiger partial charge in [0.15, 0.2) is 11.5 Å². The number of ether oxygens (including phenoxy) is 2. The Bertz CT molecular complexity index is 667. The van der Waals surface area contributed by atoms with Crippen molar-refractivity contribution in [2.24, 2.45) is 0 Å². The summed E-state index contributed by atoms with van der Waals surface area (Å²) in [6, 6.07) is 7.83. The Kier molecular flexibility index (Phi) is 4.34. The number of aryl methyl sites for hydroxylation is 1. The van der Waals surface area contributed by atoms with Crippen molar-refractivity contribution in [3.63, 3.8) is 0 Å². The molecule has 2 aromatic rings. The molecule has 0 fully saturated rings. The number of methoxy groups -OCH3 is 2. The fraction of sp³-hybridized carbons (Fsp3) is 0.353. The van der Waals surface area contributed by atoms with Gasteiger partial charge in [-0.3, -0.25) is 4.79 Å². The maximum Gasteiger partial charge on any atom is 0.261 e. The van der Waals surface area contributed by atoms with Gasteiger partial charge in [-0.1, -0.05) is 6.07 Å². The van der Waals surface area contributed by atoms with Crippen LogP contribution in [-0.4, -0.2) is 26.7 Å². The number of hydrogen-bond acceptors (Lipinski definition) is 4. The molecule has 1 amide bonds. The van der Waals surface area contributed by atoms with E-state index in [2.05, 4.69) is 11.4 Å². The summed E-state index contributed by atoms with van der Waals surface area (Å²) in [7, 11) is 3.30. The van der Waals surface area contributed by atoms with Gasteiger partial charge in [-0.2, -0.15) is 0 Å². The highest BCUT2D eigenvalue weighted by molar-refractivity contribution is 7.12. The van der Waals surface area contributed by atoms with Crippen molar-refractivity contribution in [3.05, 3.63) is 45.6 Å². The van der Waals surface area contributed by atoms with Gasteiger partial charge in [0.25, 0.3) is 5.91 Å². The Balaban J connectivity index is 1.72. The van der Waals surface area contributed by atoms with E-state index in [9.17, 15) is 4.79 Å². The molecule has 0 radical (unpaired) electrons. The topological polar surface area (TPSA) is 47.6 Å². The second-order valence-electron chi connectivity index (χ2n) is 5.33. The third kappa shape index (κ3) is 2.81. The monoisotopic (exact) mass is 317 g/mol. The summed E-state index contributed by atoms with van der Waals surface area (Å²) < 4.78 is 10.7. The first kappa shape index (κ1) is 14.9. The van der Waals surface area contributed by atoms with Gasteiger partial charge in [0.05, 0.1) is 19.1 Å². The van der Waals surface area contributed by atoms with Crippen LogP contribution in [0.2, 0.25) is 0 Å². The van der Waals surface area contributed by atoms with Crippen LogP contribution in [0, 0.1) is 0 Å². The Morgan fingerprint density at radius 3 is 2.77 bits per heavy atom. The highest BCUT2D eigenvalue weighted by Crippen LogP contribution is 2.40. The second-order valence-corrected chi connectivity index (χ2v) is 6.28. The normalized spacial score (nSPS) is 16.2. The van der Waals surface area contributed by atoms with Crippen LogP contribution in [0.5, 0.6) is 11.5 Å². The molecule has 1 aliphatic rings. The van der Waals surface area contributed by atoms with Crippen molar-refractivity contribution in [2.75, 3.05) is 20.8 Å². The van der Waals surface area contributed by atoms with E-state index in [1.54, 1.807) is 14.2 Å². The number of thiophene rings is 1. The standard InChI is InChI=1S/C17H19NO3S/c1-20-14-8-11-5-6-12(13(11)9-15(14)21-2)10-18-17(19)16-4-3-7-22-16/h3-4,7-9,12H,5-6,10H2,1-2H3,(H,18,19). The Hall–Kier alpha value is -2.01. The Labute approximate surface area is 134 Å². The van der Waals surface area contributed by atoms with Gasteiger partial charge in [0.1, 0.15) is 0 Å². The summed E-state index contributed by atoms with van der Waals surface area (Å²) in [5, 5.41) is 4.95. The summed E-state index contributed by atoms with van der Waals surface area (Å²) in [5.41, 5.74) is 2.54. The number of nitrogens with one attached hydrogen (secondary N) is 1. The van der Waals surface area contributed by atoms with Crippen LogP contribution in [0.25, 0.3) is 0 Å². The first-order valence-electron chi connectivity index (χ1n) is 7.29. The molecular formula is C17H19NO3S. The van der Waals surface area contributed by atoms with Gasteiger partial charge in [0.2, 0.25) is 0 Å². The van der Waals surface area contributed by atoms with E-state index in [4.69, 9.17) is 9.47 Å². The average molecular weight is 317 g/mol. The molecule has 0 saturated heterocycles. The molecule has 1 unspecified atom stereocenters. The number of carbonyl (C=O) groups excluding carboxylic acids is 1. The molecule has 1 heterocycles. The molecule has 1 N–H and O–H groups in total. The second kappa shape index (κ2) is 6.40. The summed E-state index contributed by atoms with van der Waals surface area (Å²) in [4.78, 5) is 12.8. The number of fused-ring (bicyclic) bond motifs is 1. The van der Waals surface area contributed by atoms with E-state index >= 15 is 0 Å². The highest BCUT2D eigenvalue weighted by atomic mass is 32.1. The zero-order valence-corrected chi connectivity index (χ0v) is 13.5. The van der Waals surface area contributed by atoms with E-state index in [-0.39, 0.29) is 5.91 Å². The largest absolute Gasteiger partial charge is 0.493 e. The fourth-order valence-electron chi connectivity index (χ4n) is 2.94. The average Bonchev–Trinajstić information content (AvgIpc) is 3.20. The third-order valence-electron chi connectivity index (χ3n) is 4.10. The summed E-state index contributed by atoms with van der Waals surface area (Å²) in [5.74, 6) is 1.85. The lowest BCUT2D eigenvalue weighted by Crippen LogP contribution is -2.27. The molecule has 1 aromatic heterocycles. The van der Waals surface area contributed by atoms with Crippen LogP contribution in [0.1, 0.15) is 33.1 Å². The summed E-state index contributed by atoms with van der Waals surface area (Å²) in [6.45, 7) is 0.652. The van der Waals surface area contributed by atoms with E-state index < -0.39 is 0 Å². The van der Waals surface area contributed by atoms with E-state index in [0.717, 1.165) is 29.2 Å². The number of amides is 1. The molecular weight excluding hydrogens is 298 g/mol. The zero-order valence-electron chi connectivity index (χ0n) is 12.7. The Morgan fingerprint density at radius 2 is 2.09 bits per heavy atom. The fourth-order valence-corrected chi connectivity index (χ4v) is 3.58. The molecule has 0 bridgehead atoms. The minimum Gasteiger partial charge on any atom is -0.493 e. The van der Waals surface area contributed by atoms with Crippen molar-refractivity contribution in [1.82, 2.24) is 5.32 Å². The number of benzene rings is 1. The highest BCUT2D eigenvalue weighted by Gasteiger charge is 2.25. The Morgan fingerprint density at radius 1 is 1.32 bits per heavy atom. The molecule has 1 aliphatic carbocycles. The van der Waals surface area contributed by atoms with Gasteiger partial charge in [-0.05, 0) is 47.5 Å².